The van der Waals surface area contributed by atoms with E-state index in [0.717, 1.165) is 53.3 Å². The summed E-state index contributed by atoms with van der Waals surface area (Å²) in [7, 11) is 0. The van der Waals surface area contributed by atoms with Crippen LogP contribution in [0.25, 0.3) is 21.8 Å². The molecule has 10 nitrogen and oxygen atoms in total. The minimum Gasteiger partial charge on any atom is -0.406 e. The van der Waals surface area contributed by atoms with Crippen LogP contribution in [0.3, 0.4) is 0 Å². The van der Waals surface area contributed by atoms with Crippen molar-refractivity contribution in [3.05, 3.63) is 108 Å². The minimum absolute atomic E-state index is 0.158. The van der Waals surface area contributed by atoms with E-state index in [1.807, 2.05) is 48.5 Å². The van der Waals surface area contributed by atoms with E-state index in [9.17, 15) is 35.1 Å². The first kappa shape index (κ1) is 41.9. The second-order valence-electron chi connectivity index (χ2n) is 14.3. The lowest BCUT2D eigenvalue weighted by Crippen LogP contribution is -2.40. The summed E-state index contributed by atoms with van der Waals surface area (Å²) >= 11 is 0. The quantitative estimate of drug-likeness (QED) is 0.130. The monoisotopic (exact) mass is 840 g/mol. The molecule has 18 heteroatoms. The van der Waals surface area contributed by atoms with Gasteiger partial charge in [-0.25, -0.2) is 18.7 Å². The fourth-order valence-corrected chi connectivity index (χ4v) is 6.80. The molecule has 0 saturated carbocycles. The second kappa shape index (κ2) is 18.0. The number of piperidine rings is 2. The van der Waals surface area contributed by atoms with Crippen LogP contribution in [0.1, 0.15) is 43.2 Å². The first-order valence-corrected chi connectivity index (χ1v) is 19.2. The van der Waals surface area contributed by atoms with Crippen molar-refractivity contribution in [3.8, 4) is 11.5 Å². The van der Waals surface area contributed by atoms with Gasteiger partial charge in [-0.15, -0.1) is 26.3 Å². The molecule has 0 amide bonds. The summed E-state index contributed by atoms with van der Waals surface area (Å²) in [6.45, 7) is 2.92. The normalized spacial score (nSPS) is 15.6. The first-order valence-electron chi connectivity index (χ1n) is 19.2. The van der Waals surface area contributed by atoms with Gasteiger partial charge in [-0.2, -0.15) is 9.97 Å². The van der Waals surface area contributed by atoms with Crippen LogP contribution < -0.4 is 29.9 Å². The summed E-state index contributed by atoms with van der Waals surface area (Å²) in [5.74, 6) is -0.893. The van der Waals surface area contributed by atoms with E-state index in [4.69, 9.17) is 9.97 Å². The Balaban J connectivity index is 0.000000182. The van der Waals surface area contributed by atoms with Crippen LogP contribution in [0.5, 0.6) is 11.5 Å². The third-order valence-electron chi connectivity index (χ3n) is 9.83. The van der Waals surface area contributed by atoms with Gasteiger partial charge in [0.1, 0.15) is 23.1 Å². The molecule has 60 heavy (non-hydrogen) atoms. The number of fused-ring (bicyclic) bond motifs is 2. The fraction of sp³-hybridized carbons (Fsp3) is 0.333. The third-order valence-corrected chi connectivity index (χ3v) is 9.83. The summed E-state index contributed by atoms with van der Waals surface area (Å²) in [4.78, 5) is 22.4. The molecule has 2 aliphatic rings. The molecule has 0 bridgehead atoms. The average Bonchev–Trinajstić information content (AvgIpc) is 3.22. The zero-order valence-corrected chi connectivity index (χ0v) is 32.0. The molecular weight excluding hydrogens is 800 g/mol. The van der Waals surface area contributed by atoms with Crippen molar-refractivity contribution >= 4 is 45.3 Å². The van der Waals surface area contributed by atoms with Crippen molar-refractivity contribution in [3.63, 3.8) is 0 Å². The van der Waals surface area contributed by atoms with Gasteiger partial charge >= 0.3 is 12.7 Å². The lowest BCUT2D eigenvalue weighted by molar-refractivity contribution is -0.275. The number of anilines is 4. The molecule has 2 saturated heterocycles. The molecule has 4 aromatic carbocycles. The number of rotatable bonds is 10. The number of alkyl halides is 8. The first-order chi connectivity index (χ1) is 28.7. The van der Waals surface area contributed by atoms with Gasteiger partial charge in [0.25, 0.3) is 5.92 Å². The van der Waals surface area contributed by atoms with Crippen molar-refractivity contribution in [2.24, 2.45) is 0 Å². The van der Waals surface area contributed by atoms with Crippen LogP contribution in [-0.4, -0.2) is 64.8 Å². The highest BCUT2D eigenvalue weighted by molar-refractivity contribution is 5.91. The summed E-state index contributed by atoms with van der Waals surface area (Å²) < 4.78 is 109. The molecule has 4 heterocycles. The van der Waals surface area contributed by atoms with E-state index in [1.54, 1.807) is 17.0 Å². The molecule has 6 aromatic rings. The van der Waals surface area contributed by atoms with Crippen LogP contribution in [-0.2, 0) is 13.1 Å². The Kier molecular flexibility index (Phi) is 12.6. The van der Waals surface area contributed by atoms with Crippen molar-refractivity contribution in [1.82, 2.24) is 19.9 Å². The van der Waals surface area contributed by atoms with Crippen LogP contribution in [0.15, 0.2) is 97.1 Å². The Labute approximate surface area is 339 Å². The van der Waals surface area contributed by atoms with Gasteiger partial charge in [0, 0.05) is 62.9 Å². The molecule has 2 fully saturated rings. The summed E-state index contributed by atoms with van der Waals surface area (Å²) in [5.41, 5.74) is 3.07. The van der Waals surface area contributed by atoms with Gasteiger partial charge in [0.15, 0.2) is 0 Å². The number of hydrogen-bond donors (Lipinski definition) is 2. The number of benzene rings is 4. The minimum atomic E-state index is -4.74. The van der Waals surface area contributed by atoms with Crippen LogP contribution in [0.2, 0.25) is 0 Å². The second-order valence-corrected chi connectivity index (χ2v) is 14.3. The van der Waals surface area contributed by atoms with Gasteiger partial charge in [0.2, 0.25) is 11.9 Å². The summed E-state index contributed by atoms with van der Waals surface area (Å²) in [6.07, 6.45) is -6.45. The number of nitrogens with zero attached hydrogens (tertiary/aromatic N) is 6. The maximum absolute atomic E-state index is 13.5. The van der Waals surface area contributed by atoms with Crippen molar-refractivity contribution in [1.29, 1.82) is 0 Å². The Morgan fingerprint density at radius 2 is 0.917 bits per heavy atom. The van der Waals surface area contributed by atoms with Crippen LogP contribution >= 0.6 is 0 Å². The lowest BCUT2D eigenvalue weighted by Gasteiger charge is -2.32. The molecule has 0 aliphatic carbocycles. The smallest absolute Gasteiger partial charge is 0.406 e. The summed E-state index contributed by atoms with van der Waals surface area (Å²) in [5, 5.41) is 8.15. The van der Waals surface area contributed by atoms with E-state index in [0.29, 0.717) is 42.1 Å². The number of hydrogen-bond acceptors (Lipinski definition) is 10. The maximum Gasteiger partial charge on any atom is 0.573 e. The Bertz CT molecular complexity index is 2350. The van der Waals surface area contributed by atoms with Gasteiger partial charge < -0.3 is 29.9 Å². The summed E-state index contributed by atoms with van der Waals surface area (Å²) in [6, 6.07) is 26.4. The molecule has 0 spiro atoms. The molecular formula is C42H40F8N8O2. The number of halogens is 8. The Morgan fingerprint density at radius 1 is 0.517 bits per heavy atom. The van der Waals surface area contributed by atoms with E-state index in [2.05, 4.69) is 35.0 Å². The van der Waals surface area contributed by atoms with Crippen molar-refractivity contribution < 1.29 is 44.6 Å². The molecule has 2 N–H and O–H groups in total. The predicted octanol–water partition coefficient (Wildman–Crippen LogP) is 10.5. The highest BCUT2D eigenvalue weighted by Gasteiger charge is 2.35. The van der Waals surface area contributed by atoms with Gasteiger partial charge in [0.05, 0.1) is 11.0 Å². The molecule has 0 unspecified atom stereocenters. The third kappa shape index (κ3) is 11.5. The van der Waals surface area contributed by atoms with Crippen molar-refractivity contribution in [2.75, 3.05) is 46.6 Å². The van der Waals surface area contributed by atoms with E-state index >= 15 is 0 Å². The van der Waals surface area contributed by atoms with E-state index in [1.165, 1.54) is 42.8 Å². The molecule has 0 radical (unpaired) electrons. The zero-order chi connectivity index (χ0) is 42.3. The molecule has 316 valence electrons. The van der Waals surface area contributed by atoms with Crippen LogP contribution in [0, 0.1) is 0 Å². The molecule has 8 rings (SSSR count). The number of para-hydroxylation sites is 2. The largest absolute Gasteiger partial charge is 0.573 e. The Morgan fingerprint density at radius 3 is 1.33 bits per heavy atom. The average molecular weight is 841 g/mol. The highest BCUT2D eigenvalue weighted by atomic mass is 19.4. The fourth-order valence-electron chi connectivity index (χ4n) is 6.80. The van der Waals surface area contributed by atoms with Gasteiger partial charge in [-0.1, -0.05) is 48.5 Å². The molecule has 0 atom stereocenters. The lowest BCUT2D eigenvalue weighted by atomic mass is 10.1. The Hall–Kier alpha value is -6.20. The zero-order valence-electron chi connectivity index (χ0n) is 32.0. The topological polar surface area (TPSA) is 101 Å². The number of aromatic nitrogens is 4. The maximum atomic E-state index is 13.5. The highest BCUT2D eigenvalue weighted by Crippen LogP contribution is 2.32. The standard InChI is InChI=1S/C21H19F5N4O.C21H21F3N4O/c22-20(23)9-11-30(12-10-20)19-28-17-4-2-1-3-16(17)18(29-19)27-13-14-5-7-15(8-6-14)31-21(24,25)26;22-21(23,24)29-16-10-8-15(9-11-16)14-25-19-17-6-2-3-7-18(17)26-20(27-19)28-12-4-1-5-13-28/h1-8H,9-13H2,(H,27,28,29);2-3,6-11H,1,4-5,12-14H2,(H,25,26,27). The van der Waals surface area contributed by atoms with Crippen molar-refractivity contribution in [2.45, 2.75) is 63.8 Å². The predicted molar refractivity (Wildman–Crippen MR) is 212 cm³/mol. The SMILES string of the molecule is FC(F)(F)Oc1ccc(CNc2nc(N3CCCCC3)nc3ccccc23)cc1.FC1(F)CCN(c2nc(NCc3ccc(OC(F)(F)F)cc3)c3ccccc3n2)CC1. The van der Waals surface area contributed by atoms with Gasteiger partial charge in [-0.05, 0) is 78.9 Å². The number of nitrogens with one attached hydrogen (secondary N) is 2. The molecule has 2 aromatic heterocycles. The van der Waals surface area contributed by atoms with Gasteiger partial charge in [-0.3, -0.25) is 0 Å². The molecule has 2 aliphatic heterocycles. The van der Waals surface area contributed by atoms with E-state index < -0.39 is 18.6 Å². The van der Waals surface area contributed by atoms with Crippen LogP contribution in [0.4, 0.5) is 58.7 Å². The van der Waals surface area contributed by atoms with E-state index in [-0.39, 0.29) is 37.4 Å². The number of ether oxygens (including phenoxy) is 2.